The molecule has 3 rings (SSSR count). The van der Waals surface area contributed by atoms with Crippen molar-refractivity contribution in [2.24, 2.45) is 0 Å². The average Bonchev–Trinajstić information content (AvgIpc) is 2.75. The maximum atomic E-state index is 14.2. The van der Waals surface area contributed by atoms with Crippen LogP contribution in [0.25, 0.3) is 16.7 Å². The van der Waals surface area contributed by atoms with Gasteiger partial charge >= 0.3 is 0 Å². The summed E-state index contributed by atoms with van der Waals surface area (Å²) in [6.07, 6.45) is 0. The summed E-state index contributed by atoms with van der Waals surface area (Å²) in [6.45, 7) is 0. The highest BCUT2D eigenvalue weighted by Crippen LogP contribution is 2.31. The minimum absolute atomic E-state index is 0.348. The Hall–Kier alpha value is -1.66. The van der Waals surface area contributed by atoms with Gasteiger partial charge in [0.05, 0.1) is 18.3 Å². The number of nitrogens with zero attached hydrogens (tertiary/aromatic N) is 1. The van der Waals surface area contributed by atoms with E-state index in [-0.39, 0.29) is 5.82 Å². The number of aromatic amines is 1. The summed E-state index contributed by atoms with van der Waals surface area (Å²) in [4.78, 5) is 3.06. The molecule has 6 heteroatoms. The van der Waals surface area contributed by atoms with Gasteiger partial charge in [0.2, 0.25) is 0 Å². The lowest BCUT2D eigenvalue weighted by Crippen LogP contribution is -1.99. The average molecular weight is 353 g/mol. The fourth-order valence-corrected chi connectivity index (χ4v) is 3.01. The quantitative estimate of drug-likeness (QED) is 0.683. The molecule has 1 aromatic heterocycles. The van der Waals surface area contributed by atoms with Crippen LogP contribution in [0.3, 0.4) is 0 Å². The van der Waals surface area contributed by atoms with E-state index in [1.165, 1.54) is 6.07 Å². The first-order valence-electron chi connectivity index (χ1n) is 5.85. The van der Waals surface area contributed by atoms with Crippen molar-refractivity contribution in [1.29, 1.82) is 0 Å². The monoisotopic (exact) mass is 352 g/mol. The van der Waals surface area contributed by atoms with Crippen molar-refractivity contribution in [3.63, 3.8) is 0 Å². The molecular formula is C14H10BrFN2OS. The van der Waals surface area contributed by atoms with Crippen LogP contribution in [-0.2, 0) is 0 Å². The molecule has 3 aromatic rings. The Morgan fingerprint density at radius 1 is 1.25 bits per heavy atom. The van der Waals surface area contributed by atoms with Crippen molar-refractivity contribution in [2.45, 2.75) is 0 Å². The minimum Gasteiger partial charge on any atom is -0.494 e. The Morgan fingerprint density at radius 3 is 2.70 bits per heavy atom. The standard InChI is InChI=1S/C14H10BrFN2OS/c1-19-11-7-3-6-10-12(11)17-14(20)18(10)13-8(15)4-2-5-9(13)16/h2-7H,1H3,(H,17,20). The number of para-hydroxylation sites is 2. The maximum absolute atomic E-state index is 14.2. The third-order valence-electron chi connectivity index (χ3n) is 3.06. The lowest BCUT2D eigenvalue weighted by atomic mass is 10.2. The van der Waals surface area contributed by atoms with Crippen molar-refractivity contribution in [2.75, 3.05) is 7.11 Å². The molecule has 0 aliphatic heterocycles. The largest absolute Gasteiger partial charge is 0.494 e. The summed E-state index contributed by atoms with van der Waals surface area (Å²) in [5.41, 5.74) is 1.90. The van der Waals surface area contributed by atoms with Gasteiger partial charge in [-0.3, -0.25) is 4.57 Å². The van der Waals surface area contributed by atoms with Gasteiger partial charge in [-0.25, -0.2) is 4.39 Å². The Bertz CT molecular complexity index is 836. The molecule has 102 valence electrons. The second-order valence-electron chi connectivity index (χ2n) is 4.19. The first kappa shape index (κ1) is 13.3. The molecule has 1 N–H and O–H groups in total. The third kappa shape index (κ3) is 1.96. The van der Waals surface area contributed by atoms with Crippen molar-refractivity contribution >= 4 is 39.2 Å². The van der Waals surface area contributed by atoms with Gasteiger partial charge in [-0.05, 0) is 52.4 Å². The Morgan fingerprint density at radius 2 is 2.00 bits per heavy atom. The van der Waals surface area contributed by atoms with Gasteiger partial charge in [0.15, 0.2) is 4.77 Å². The van der Waals surface area contributed by atoms with Crippen LogP contribution >= 0.6 is 28.1 Å². The Kier molecular flexibility index (Phi) is 3.35. The third-order valence-corrected chi connectivity index (χ3v) is 3.99. The van der Waals surface area contributed by atoms with Crippen LogP contribution in [0.15, 0.2) is 40.9 Å². The van der Waals surface area contributed by atoms with E-state index >= 15 is 0 Å². The highest BCUT2D eigenvalue weighted by Gasteiger charge is 2.15. The minimum atomic E-state index is -0.348. The molecule has 0 aliphatic carbocycles. The fourth-order valence-electron chi connectivity index (χ4n) is 2.20. The maximum Gasteiger partial charge on any atom is 0.183 e. The van der Waals surface area contributed by atoms with Crippen LogP contribution in [0, 0.1) is 10.6 Å². The zero-order valence-corrected chi connectivity index (χ0v) is 12.9. The van der Waals surface area contributed by atoms with Gasteiger partial charge in [-0.1, -0.05) is 12.1 Å². The van der Waals surface area contributed by atoms with E-state index in [9.17, 15) is 4.39 Å². The van der Waals surface area contributed by atoms with Gasteiger partial charge < -0.3 is 9.72 Å². The van der Waals surface area contributed by atoms with Crippen molar-refractivity contribution in [3.8, 4) is 11.4 Å². The number of methoxy groups -OCH3 is 1. The number of rotatable bonds is 2. The van der Waals surface area contributed by atoms with Crippen molar-refractivity contribution < 1.29 is 9.13 Å². The van der Waals surface area contributed by atoms with Crippen LogP contribution in [-0.4, -0.2) is 16.7 Å². The smallest absolute Gasteiger partial charge is 0.183 e. The molecule has 0 aliphatic rings. The van der Waals surface area contributed by atoms with Crippen LogP contribution < -0.4 is 4.74 Å². The number of aromatic nitrogens is 2. The summed E-state index contributed by atoms with van der Waals surface area (Å²) < 4.78 is 22.2. The van der Waals surface area contributed by atoms with Gasteiger partial charge in [0.25, 0.3) is 0 Å². The molecule has 0 saturated heterocycles. The Labute approximate surface area is 128 Å². The summed E-state index contributed by atoms with van der Waals surface area (Å²) in [7, 11) is 1.59. The number of hydrogen-bond donors (Lipinski definition) is 1. The number of nitrogens with one attached hydrogen (secondary N) is 1. The van der Waals surface area contributed by atoms with Gasteiger partial charge in [0.1, 0.15) is 17.1 Å². The normalized spacial score (nSPS) is 10.9. The molecule has 0 bridgehead atoms. The molecular weight excluding hydrogens is 343 g/mol. The van der Waals surface area contributed by atoms with E-state index in [1.807, 2.05) is 18.2 Å². The molecule has 0 spiro atoms. The Balaban J connectivity index is 2.44. The van der Waals surface area contributed by atoms with Crippen LogP contribution in [0.4, 0.5) is 4.39 Å². The topological polar surface area (TPSA) is 29.9 Å². The lowest BCUT2D eigenvalue weighted by Gasteiger charge is -2.09. The van der Waals surface area contributed by atoms with Crippen LogP contribution in [0.2, 0.25) is 0 Å². The second-order valence-corrected chi connectivity index (χ2v) is 5.43. The van der Waals surface area contributed by atoms with Gasteiger partial charge in [-0.2, -0.15) is 0 Å². The molecule has 0 unspecified atom stereocenters. The predicted octanol–water partition coefficient (Wildman–Crippen LogP) is 4.60. The van der Waals surface area contributed by atoms with E-state index in [0.717, 1.165) is 11.0 Å². The number of H-pyrrole nitrogens is 1. The van der Waals surface area contributed by atoms with Gasteiger partial charge in [0, 0.05) is 4.47 Å². The lowest BCUT2D eigenvalue weighted by molar-refractivity contribution is 0.419. The summed E-state index contributed by atoms with van der Waals surface area (Å²) in [6, 6.07) is 10.4. The molecule has 0 radical (unpaired) electrons. The van der Waals surface area contributed by atoms with E-state index < -0.39 is 0 Å². The molecule has 1 heterocycles. The highest BCUT2D eigenvalue weighted by atomic mass is 79.9. The number of benzene rings is 2. The molecule has 20 heavy (non-hydrogen) atoms. The molecule has 0 atom stereocenters. The van der Waals surface area contributed by atoms with Crippen LogP contribution in [0.5, 0.6) is 5.75 Å². The zero-order chi connectivity index (χ0) is 14.3. The zero-order valence-electron chi connectivity index (χ0n) is 10.5. The molecule has 2 aromatic carbocycles. The first-order chi connectivity index (χ1) is 9.63. The molecule has 3 nitrogen and oxygen atoms in total. The second kappa shape index (κ2) is 5.03. The van der Waals surface area contributed by atoms with E-state index in [4.69, 9.17) is 17.0 Å². The van der Waals surface area contributed by atoms with E-state index in [2.05, 4.69) is 20.9 Å². The van der Waals surface area contributed by atoms with Crippen LogP contribution in [0.1, 0.15) is 0 Å². The highest BCUT2D eigenvalue weighted by molar-refractivity contribution is 9.10. The predicted molar refractivity (Wildman–Crippen MR) is 82.7 cm³/mol. The first-order valence-corrected chi connectivity index (χ1v) is 7.05. The summed E-state index contributed by atoms with van der Waals surface area (Å²) in [5.74, 6) is 0.319. The molecule has 0 saturated carbocycles. The van der Waals surface area contributed by atoms with E-state index in [0.29, 0.717) is 20.7 Å². The number of halogens is 2. The SMILES string of the molecule is COc1cccc2c1[nH]c(=S)n2-c1c(F)cccc1Br. The van der Waals surface area contributed by atoms with Crippen molar-refractivity contribution in [3.05, 3.63) is 51.5 Å². The summed E-state index contributed by atoms with van der Waals surface area (Å²) in [5, 5.41) is 0. The number of ether oxygens (including phenoxy) is 1. The summed E-state index contributed by atoms with van der Waals surface area (Å²) >= 11 is 8.70. The van der Waals surface area contributed by atoms with E-state index in [1.54, 1.807) is 23.8 Å². The number of imidazole rings is 1. The number of fused-ring (bicyclic) bond motifs is 1. The van der Waals surface area contributed by atoms with Gasteiger partial charge in [-0.15, -0.1) is 0 Å². The number of hydrogen-bond acceptors (Lipinski definition) is 2. The molecule has 0 amide bonds. The van der Waals surface area contributed by atoms with Crippen molar-refractivity contribution in [1.82, 2.24) is 9.55 Å². The fraction of sp³-hybridized carbons (Fsp3) is 0.0714. The molecule has 0 fully saturated rings.